The van der Waals surface area contributed by atoms with Crippen molar-refractivity contribution in [1.29, 1.82) is 0 Å². The Bertz CT molecular complexity index is 101. The summed E-state index contributed by atoms with van der Waals surface area (Å²) in [5, 5.41) is 8.79. The molecule has 0 aliphatic heterocycles. The van der Waals surface area contributed by atoms with E-state index in [0.29, 0.717) is 0 Å². The number of aliphatic hydroxyl groups excluding tert-OH is 1. The zero-order valence-corrected chi connectivity index (χ0v) is 7.34. The van der Waals surface area contributed by atoms with Gasteiger partial charge in [0.1, 0.15) is 0 Å². The average Bonchev–Trinajstić information content (AvgIpc) is 1.67. The second kappa shape index (κ2) is 2.78. The fourth-order valence-electron chi connectivity index (χ4n) is 0.151. The van der Waals surface area contributed by atoms with Gasteiger partial charge in [0.25, 0.3) is 0 Å². The molecule has 1 nitrogen and oxygen atoms in total. The molecule has 0 bridgehead atoms. The predicted octanol–water partition coefficient (Wildman–Crippen LogP) is 2.44. The van der Waals surface area contributed by atoms with Crippen LogP contribution in [0.2, 0.25) is 0 Å². The molecule has 0 aliphatic carbocycles. The summed E-state index contributed by atoms with van der Waals surface area (Å²) in [6, 6.07) is 0. The van der Waals surface area contributed by atoms with Gasteiger partial charge in [0.05, 0.1) is 4.32 Å². The van der Waals surface area contributed by atoms with Gasteiger partial charge in [0.15, 0.2) is 5.05 Å². The minimum absolute atomic E-state index is 0.0278. The van der Waals surface area contributed by atoms with Crippen molar-refractivity contribution in [2.75, 3.05) is 0 Å². The van der Waals surface area contributed by atoms with Crippen molar-refractivity contribution in [3.63, 3.8) is 0 Å². The van der Waals surface area contributed by atoms with E-state index in [9.17, 15) is 0 Å². The zero-order valence-electron chi connectivity index (χ0n) is 4.94. The molecule has 0 fully saturated rings. The van der Waals surface area contributed by atoms with Gasteiger partial charge in [-0.25, -0.2) is 0 Å². The first-order valence-electron chi connectivity index (χ1n) is 2.43. The first-order chi connectivity index (χ1) is 3.50. The Labute approximate surface area is 63.2 Å². The third-order valence-corrected chi connectivity index (χ3v) is 2.76. The molecule has 1 atom stereocenters. The van der Waals surface area contributed by atoms with E-state index >= 15 is 0 Å². The van der Waals surface area contributed by atoms with E-state index in [2.05, 4.69) is 28.1 Å². The molecule has 0 aromatic rings. The summed E-state index contributed by atoms with van der Waals surface area (Å²) < 4.78 is -0.359. The monoisotopic (exact) mass is 196 g/mol. The molecule has 0 radical (unpaired) electrons. The molecule has 0 saturated carbocycles. The van der Waals surface area contributed by atoms with E-state index in [4.69, 9.17) is 5.11 Å². The SMILES string of the molecule is CCC(C)(Br)C(O)=S. The van der Waals surface area contributed by atoms with Gasteiger partial charge >= 0.3 is 0 Å². The van der Waals surface area contributed by atoms with Gasteiger partial charge in [-0.3, -0.25) is 0 Å². The maximum atomic E-state index is 8.76. The highest BCUT2D eigenvalue weighted by molar-refractivity contribution is 9.10. The predicted molar refractivity (Wildman–Crippen MR) is 42.8 cm³/mol. The van der Waals surface area contributed by atoms with E-state index in [0.717, 1.165) is 6.42 Å². The van der Waals surface area contributed by atoms with Crippen LogP contribution in [-0.4, -0.2) is 14.5 Å². The van der Waals surface area contributed by atoms with E-state index in [1.54, 1.807) is 0 Å². The number of aliphatic hydroxyl groups is 1. The lowest BCUT2D eigenvalue weighted by Crippen LogP contribution is -2.24. The number of hydrogen-bond donors (Lipinski definition) is 1. The summed E-state index contributed by atoms with van der Waals surface area (Å²) in [4.78, 5) is 0. The smallest absolute Gasteiger partial charge is 0.173 e. The number of halogens is 1. The minimum Gasteiger partial charge on any atom is -0.501 e. The Morgan fingerprint density at radius 1 is 1.88 bits per heavy atom. The third-order valence-electron chi connectivity index (χ3n) is 1.11. The second-order valence-electron chi connectivity index (χ2n) is 1.86. The lowest BCUT2D eigenvalue weighted by Gasteiger charge is -2.15. The molecule has 1 unspecified atom stereocenters. The number of thiocarbonyl (C=S) groups is 1. The van der Waals surface area contributed by atoms with Crippen LogP contribution in [0, 0.1) is 0 Å². The Hall–Kier alpha value is 0.370. The molecule has 0 spiro atoms. The van der Waals surface area contributed by atoms with Crippen LogP contribution >= 0.6 is 28.1 Å². The first kappa shape index (κ1) is 8.37. The minimum atomic E-state index is -0.359. The van der Waals surface area contributed by atoms with Crippen molar-refractivity contribution in [3.8, 4) is 0 Å². The van der Waals surface area contributed by atoms with E-state index in [1.807, 2.05) is 13.8 Å². The van der Waals surface area contributed by atoms with Crippen LogP contribution in [0.5, 0.6) is 0 Å². The number of rotatable bonds is 2. The van der Waals surface area contributed by atoms with Crippen molar-refractivity contribution >= 4 is 33.2 Å². The van der Waals surface area contributed by atoms with Gasteiger partial charge in [-0.05, 0) is 25.6 Å². The molecule has 8 heavy (non-hydrogen) atoms. The molecule has 0 aromatic heterocycles. The summed E-state index contributed by atoms with van der Waals surface area (Å²) in [6.45, 7) is 3.80. The maximum Gasteiger partial charge on any atom is 0.173 e. The van der Waals surface area contributed by atoms with Crippen molar-refractivity contribution in [1.82, 2.24) is 0 Å². The highest BCUT2D eigenvalue weighted by Crippen LogP contribution is 2.21. The molecule has 3 heteroatoms. The molecule has 0 aromatic carbocycles. The highest BCUT2D eigenvalue weighted by Gasteiger charge is 2.22. The molecule has 0 aliphatic rings. The Morgan fingerprint density at radius 3 is 2.25 bits per heavy atom. The van der Waals surface area contributed by atoms with Crippen molar-refractivity contribution in [2.24, 2.45) is 0 Å². The largest absolute Gasteiger partial charge is 0.501 e. The molecule has 1 N–H and O–H groups in total. The zero-order chi connectivity index (χ0) is 6.78. The van der Waals surface area contributed by atoms with E-state index < -0.39 is 0 Å². The van der Waals surface area contributed by atoms with Gasteiger partial charge in [0.2, 0.25) is 0 Å². The lowest BCUT2D eigenvalue weighted by molar-refractivity contribution is 0.522. The van der Waals surface area contributed by atoms with Crippen LogP contribution in [0.1, 0.15) is 20.3 Å². The summed E-state index contributed by atoms with van der Waals surface area (Å²) in [5.74, 6) is 0. The molecule has 0 amide bonds. The normalized spacial score (nSPS) is 17.4. The maximum absolute atomic E-state index is 8.76. The van der Waals surface area contributed by atoms with Crippen LogP contribution in [0.4, 0.5) is 0 Å². The Balaban J connectivity index is 3.91. The Kier molecular flexibility index (Phi) is 2.91. The van der Waals surface area contributed by atoms with Crippen molar-refractivity contribution in [2.45, 2.75) is 24.6 Å². The number of hydrogen-bond acceptors (Lipinski definition) is 1. The summed E-state index contributed by atoms with van der Waals surface area (Å²) in [7, 11) is 0. The van der Waals surface area contributed by atoms with Gasteiger partial charge in [-0.1, -0.05) is 22.9 Å². The quantitative estimate of drug-likeness (QED) is 0.541. The Morgan fingerprint density at radius 2 is 2.25 bits per heavy atom. The van der Waals surface area contributed by atoms with Crippen LogP contribution in [0.3, 0.4) is 0 Å². The fourth-order valence-corrected chi connectivity index (χ4v) is 0.296. The first-order valence-corrected chi connectivity index (χ1v) is 3.63. The lowest BCUT2D eigenvalue weighted by atomic mass is 10.1. The van der Waals surface area contributed by atoms with Gasteiger partial charge in [0, 0.05) is 0 Å². The number of alkyl halides is 1. The summed E-state index contributed by atoms with van der Waals surface area (Å²) >= 11 is 7.79. The van der Waals surface area contributed by atoms with Gasteiger partial charge < -0.3 is 5.11 Å². The van der Waals surface area contributed by atoms with E-state index in [1.165, 1.54) is 0 Å². The van der Waals surface area contributed by atoms with Gasteiger partial charge in [-0.15, -0.1) is 0 Å². The van der Waals surface area contributed by atoms with Crippen molar-refractivity contribution < 1.29 is 5.11 Å². The highest BCUT2D eigenvalue weighted by atomic mass is 79.9. The second-order valence-corrected chi connectivity index (χ2v) is 3.99. The molecular formula is C5H9BrOS. The third kappa shape index (κ3) is 2.09. The van der Waals surface area contributed by atoms with Crippen LogP contribution < -0.4 is 0 Å². The molecule has 0 saturated heterocycles. The van der Waals surface area contributed by atoms with E-state index in [-0.39, 0.29) is 9.37 Å². The molecular weight excluding hydrogens is 188 g/mol. The van der Waals surface area contributed by atoms with Crippen molar-refractivity contribution in [3.05, 3.63) is 0 Å². The standard InChI is InChI=1S/C5H9BrOS/c1-3-5(2,6)4(7)8/h3H2,1-2H3,(H,7,8). The molecule has 0 heterocycles. The van der Waals surface area contributed by atoms with Gasteiger partial charge in [-0.2, -0.15) is 0 Å². The van der Waals surface area contributed by atoms with Crippen LogP contribution in [0.25, 0.3) is 0 Å². The molecule has 0 rings (SSSR count). The van der Waals surface area contributed by atoms with Crippen LogP contribution in [0.15, 0.2) is 0 Å². The topological polar surface area (TPSA) is 20.2 Å². The fraction of sp³-hybridized carbons (Fsp3) is 0.800. The van der Waals surface area contributed by atoms with Crippen LogP contribution in [-0.2, 0) is 0 Å². The summed E-state index contributed by atoms with van der Waals surface area (Å²) in [5.41, 5.74) is 0. The average molecular weight is 197 g/mol. The molecule has 48 valence electrons. The summed E-state index contributed by atoms with van der Waals surface area (Å²) in [6.07, 6.45) is 0.808.